The van der Waals surface area contributed by atoms with Crippen molar-refractivity contribution in [1.29, 1.82) is 0 Å². The lowest BCUT2D eigenvalue weighted by Gasteiger charge is -2.40. The number of hydrogen-bond acceptors (Lipinski definition) is 8. The number of amides is 1. The molecule has 4 atom stereocenters. The third-order valence-corrected chi connectivity index (χ3v) is 4.13. The molecule has 0 aliphatic heterocycles. The van der Waals surface area contributed by atoms with Crippen LogP contribution in [0.25, 0.3) is 0 Å². The van der Waals surface area contributed by atoms with Crippen LogP contribution in [0, 0.1) is 0 Å². The summed E-state index contributed by atoms with van der Waals surface area (Å²) in [4.78, 5) is 16.0. The molecular weight excluding hydrogens is 326 g/mol. The number of imidazole rings is 1. The van der Waals surface area contributed by atoms with Crippen LogP contribution in [0.5, 0.6) is 0 Å². The molecule has 138 valence electrons. The van der Waals surface area contributed by atoms with Gasteiger partial charge >= 0.3 is 0 Å². The number of hydrazone groups is 1. The second kappa shape index (κ2) is 7.99. The van der Waals surface area contributed by atoms with E-state index in [1.165, 1.54) is 15.8 Å². The van der Waals surface area contributed by atoms with E-state index in [1.54, 1.807) is 19.3 Å². The van der Waals surface area contributed by atoms with E-state index in [9.17, 15) is 15.0 Å². The number of carbonyl (C=O) groups is 1. The van der Waals surface area contributed by atoms with Gasteiger partial charge in [-0.05, 0) is 13.3 Å². The molecule has 7 N–H and O–H groups in total. The average molecular weight is 351 g/mol. The fourth-order valence-electron chi connectivity index (χ4n) is 2.91. The lowest BCUT2D eigenvalue weighted by atomic mass is 9.86. The number of carbonyl (C=O) groups excluding carboxylic acids is 1. The average Bonchev–Trinajstić information content (AvgIpc) is 2.93. The minimum Gasteiger partial charge on any atom is -0.401 e. The molecule has 10 nitrogen and oxygen atoms in total. The van der Waals surface area contributed by atoms with Crippen LogP contribution in [-0.2, 0) is 11.3 Å². The van der Waals surface area contributed by atoms with Crippen molar-refractivity contribution in [2.75, 3.05) is 5.73 Å². The van der Waals surface area contributed by atoms with E-state index in [1.807, 2.05) is 0 Å². The summed E-state index contributed by atoms with van der Waals surface area (Å²) in [7, 11) is 0. The van der Waals surface area contributed by atoms with Gasteiger partial charge in [0.1, 0.15) is 6.54 Å². The normalized spacial score (nSPS) is 26.9. The van der Waals surface area contributed by atoms with Gasteiger partial charge in [0.25, 0.3) is 0 Å². The highest BCUT2D eigenvalue weighted by Gasteiger charge is 2.38. The maximum absolute atomic E-state index is 12.1. The van der Waals surface area contributed by atoms with Crippen molar-refractivity contribution in [2.24, 2.45) is 10.8 Å². The Morgan fingerprint density at radius 2 is 2.28 bits per heavy atom. The first-order chi connectivity index (χ1) is 11.8. The molecule has 1 aliphatic rings. The molecule has 0 radical (unpaired) electrons. The van der Waals surface area contributed by atoms with E-state index < -0.39 is 24.3 Å². The van der Waals surface area contributed by atoms with E-state index >= 15 is 0 Å². The molecule has 1 aromatic heterocycles. The molecule has 0 saturated heterocycles. The van der Waals surface area contributed by atoms with Crippen LogP contribution in [0.1, 0.15) is 19.8 Å². The quantitative estimate of drug-likeness (QED) is 0.311. The van der Waals surface area contributed by atoms with Crippen LogP contribution in [-0.4, -0.2) is 61.7 Å². The fourth-order valence-corrected chi connectivity index (χ4v) is 2.91. The molecule has 4 unspecified atom stereocenters. The molecule has 1 amide bonds. The molecule has 0 spiro atoms. The van der Waals surface area contributed by atoms with Crippen molar-refractivity contribution in [3.05, 3.63) is 24.3 Å². The van der Waals surface area contributed by atoms with Crippen LogP contribution in [0.2, 0.25) is 0 Å². The standard InChI is InChI=1S/C15H25N7O3/c1-9(16)7-22(18-2)11-6-12(23)10(5-13(11)24)20-14(25)8-21-4-3-19-15(21)17/h3-4,7,10-13,23-24H,2,5-6,8,16H2,1H3,(H2,17,19)(H,20,25)/b9-7-. The Hall–Kier alpha value is -2.59. The molecule has 0 bridgehead atoms. The largest absolute Gasteiger partial charge is 0.401 e. The molecule has 2 rings (SSSR count). The zero-order valence-corrected chi connectivity index (χ0v) is 14.1. The first-order valence-corrected chi connectivity index (χ1v) is 7.92. The lowest BCUT2D eigenvalue weighted by Crippen LogP contribution is -2.56. The highest BCUT2D eigenvalue weighted by Crippen LogP contribution is 2.25. The molecule has 1 saturated carbocycles. The second-order valence-corrected chi connectivity index (χ2v) is 6.16. The molecule has 25 heavy (non-hydrogen) atoms. The number of nitrogen functional groups attached to an aromatic ring is 1. The third kappa shape index (κ3) is 4.70. The van der Waals surface area contributed by atoms with Crippen LogP contribution >= 0.6 is 0 Å². The van der Waals surface area contributed by atoms with Crippen LogP contribution in [0.4, 0.5) is 5.95 Å². The molecule has 10 heteroatoms. The predicted octanol–water partition coefficient (Wildman–Crippen LogP) is -1.43. The zero-order valence-electron chi connectivity index (χ0n) is 14.1. The first-order valence-electron chi connectivity index (χ1n) is 7.92. The minimum absolute atomic E-state index is 0.00990. The van der Waals surface area contributed by atoms with Gasteiger partial charge in [0.15, 0.2) is 0 Å². The van der Waals surface area contributed by atoms with Gasteiger partial charge in [-0.1, -0.05) is 0 Å². The molecule has 1 fully saturated rings. The summed E-state index contributed by atoms with van der Waals surface area (Å²) < 4.78 is 1.49. The number of aromatic nitrogens is 2. The number of nitrogens with one attached hydrogen (secondary N) is 1. The summed E-state index contributed by atoms with van der Waals surface area (Å²) in [5.41, 5.74) is 11.8. The number of anilines is 1. The van der Waals surface area contributed by atoms with Gasteiger partial charge in [-0.3, -0.25) is 9.80 Å². The monoisotopic (exact) mass is 351 g/mol. The van der Waals surface area contributed by atoms with E-state index in [4.69, 9.17) is 11.5 Å². The van der Waals surface area contributed by atoms with E-state index in [0.717, 1.165) is 0 Å². The number of aliphatic hydroxyl groups is 2. The third-order valence-electron chi connectivity index (χ3n) is 4.13. The van der Waals surface area contributed by atoms with Gasteiger partial charge in [0, 0.05) is 37.4 Å². The topological polar surface area (TPSA) is 155 Å². The van der Waals surface area contributed by atoms with E-state index in [0.29, 0.717) is 5.70 Å². The summed E-state index contributed by atoms with van der Waals surface area (Å²) in [6.45, 7) is 5.14. The highest BCUT2D eigenvalue weighted by atomic mass is 16.3. The lowest BCUT2D eigenvalue weighted by molar-refractivity contribution is -0.124. The summed E-state index contributed by atoms with van der Waals surface area (Å²) in [5.74, 6) is -0.0908. The van der Waals surface area contributed by atoms with E-state index in [-0.39, 0.29) is 31.2 Å². The number of allylic oxidation sites excluding steroid dienone is 1. The summed E-state index contributed by atoms with van der Waals surface area (Å²) in [5, 5.41) is 28.7. The maximum atomic E-state index is 12.1. The Bertz CT molecular complexity index is 641. The van der Waals surface area contributed by atoms with Crippen molar-refractivity contribution in [3.8, 4) is 0 Å². The second-order valence-electron chi connectivity index (χ2n) is 6.16. The zero-order chi connectivity index (χ0) is 18.6. The highest BCUT2D eigenvalue weighted by molar-refractivity contribution is 5.76. The van der Waals surface area contributed by atoms with Crippen LogP contribution in [0.3, 0.4) is 0 Å². The van der Waals surface area contributed by atoms with Gasteiger partial charge in [-0.2, -0.15) is 5.10 Å². The first kappa shape index (κ1) is 18.7. The van der Waals surface area contributed by atoms with Crippen molar-refractivity contribution in [2.45, 2.75) is 50.6 Å². The van der Waals surface area contributed by atoms with Crippen molar-refractivity contribution in [3.63, 3.8) is 0 Å². The van der Waals surface area contributed by atoms with Crippen LogP contribution in [0.15, 0.2) is 29.4 Å². The summed E-state index contributed by atoms with van der Waals surface area (Å²) >= 11 is 0. The predicted molar refractivity (Wildman–Crippen MR) is 92.9 cm³/mol. The van der Waals surface area contributed by atoms with Gasteiger partial charge in [-0.15, -0.1) is 0 Å². The van der Waals surface area contributed by atoms with E-state index in [2.05, 4.69) is 22.1 Å². The smallest absolute Gasteiger partial charge is 0.240 e. The number of nitrogens with two attached hydrogens (primary N) is 2. The van der Waals surface area contributed by atoms with Crippen molar-refractivity contribution >= 4 is 18.6 Å². The van der Waals surface area contributed by atoms with Gasteiger partial charge in [0.05, 0.1) is 24.3 Å². The Morgan fingerprint density at radius 1 is 1.56 bits per heavy atom. The summed E-state index contributed by atoms with van der Waals surface area (Å²) in [6, 6.07) is -1.04. The van der Waals surface area contributed by atoms with Gasteiger partial charge < -0.3 is 31.6 Å². The molecule has 1 aliphatic carbocycles. The minimum atomic E-state index is -0.840. The molecule has 1 aromatic rings. The van der Waals surface area contributed by atoms with Crippen molar-refractivity contribution in [1.82, 2.24) is 19.9 Å². The number of rotatable bonds is 6. The number of nitrogens with zero attached hydrogens (tertiary/aromatic N) is 4. The SMILES string of the molecule is C=NN(/C=C(/C)N)C1CC(O)C(NC(=O)Cn2ccnc2N)CC1O. The van der Waals surface area contributed by atoms with Crippen molar-refractivity contribution < 1.29 is 15.0 Å². The molecule has 1 heterocycles. The Balaban J connectivity index is 1.97. The number of aliphatic hydroxyl groups excluding tert-OH is 2. The molecule has 0 aromatic carbocycles. The Labute approximate surface area is 145 Å². The summed E-state index contributed by atoms with van der Waals surface area (Å²) in [6.07, 6.45) is 3.38. The van der Waals surface area contributed by atoms with Gasteiger partial charge in [-0.25, -0.2) is 4.98 Å². The molecular formula is C15H25N7O3. The Morgan fingerprint density at radius 3 is 2.84 bits per heavy atom. The van der Waals surface area contributed by atoms with Gasteiger partial charge in [0.2, 0.25) is 11.9 Å². The fraction of sp³-hybridized carbons (Fsp3) is 0.533. The number of hydrogen-bond donors (Lipinski definition) is 5. The maximum Gasteiger partial charge on any atom is 0.240 e. The van der Waals surface area contributed by atoms with Crippen LogP contribution < -0.4 is 16.8 Å². The Kier molecular flexibility index (Phi) is 5.99.